The number of hydrogen-bond acceptors (Lipinski definition) is 12. The lowest BCUT2D eigenvalue weighted by molar-refractivity contribution is -0.147. The fraction of sp³-hybridized carbons (Fsp3) is 0.650. The summed E-state index contributed by atoms with van der Waals surface area (Å²) in [5, 5.41) is 4.83. The summed E-state index contributed by atoms with van der Waals surface area (Å²) in [6.45, 7) is 14.2. The minimum atomic E-state index is -0.460. The van der Waals surface area contributed by atoms with Gasteiger partial charge < -0.3 is 42.6 Å². The number of hydrogen-bond donors (Lipinski definition) is 0. The van der Waals surface area contributed by atoms with Crippen LogP contribution in [0, 0.1) is 0 Å². The highest BCUT2D eigenvalue weighted by molar-refractivity contribution is 6.27. The zero-order valence-corrected chi connectivity index (χ0v) is 45.2. The van der Waals surface area contributed by atoms with Crippen LogP contribution in [-0.4, -0.2) is 77.4 Å². The standard InChI is InChI=1S/C60H90O12/c1-7-13-19-22-25-28-34-64-52-37-46-49(40-55(52)70-43-58(61)67-31-16-10-4)47-38-53(65-35-29-26-23-20-14-8-2)57(72-45-60(63)69-33-18-12-6)42-51(47)48-39-54(66-36-30-27-24-21-15-9-3)56(41-50(46)48)71-44-59(62)68-32-17-11-5/h37-42H,7-36,43-45H2,1-6H3. The number of carbonyl (C=O) groups excluding carboxylic acids is 3. The van der Waals surface area contributed by atoms with Gasteiger partial charge in [0.05, 0.1) is 39.6 Å². The van der Waals surface area contributed by atoms with Gasteiger partial charge in [-0.3, -0.25) is 0 Å². The molecule has 0 amide bonds. The van der Waals surface area contributed by atoms with Crippen LogP contribution in [0.4, 0.5) is 0 Å². The van der Waals surface area contributed by atoms with E-state index in [1.54, 1.807) is 0 Å². The van der Waals surface area contributed by atoms with Crippen molar-refractivity contribution in [2.45, 2.75) is 196 Å². The van der Waals surface area contributed by atoms with Gasteiger partial charge in [0.1, 0.15) is 0 Å². The lowest BCUT2D eigenvalue weighted by Gasteiger charge is -2.20. The molecular formula is C60H90O12. The molecule has 12 heteroatoms. The molecule has 0 unspecified atom stereocenters. The van der Waals surface area contributed by atoms with Gasteiger partial charge >= 0.3 is 17.9 Å². The van der Waals surface area contributed by atoms with Crippen molar-refractivity contribution in [2.75, 3.05) is 59.5 Å². The van der Waals surface area contributed by atoms with Gasteiger partial charge in [-0.15, -0.1) is 0 Å². The molecule has 4 aromatic carbocycles. The molecule has 0 aliphatic carbocycles. The molecule has 0 fully saturated rings. The zero-order valence-electron chi connectivity index (χ0n) is 45.2. The molecule has 12 nitrogen and oxygen atoms in total. The summed E-state index contributed by atoms with van der Waals surface area (Å²) in [5.41, 5.74) is 0. The maximum atomic E-state index is 13.0. The summed E-state index contributed by atoms with van der Waals surface area (Å²) in [7, 11) is 0. The molecule has 0 aliphatic heterocycles. The summed E-state index contributed by atoms with van der Waals surface area (Å²) in [4.78, 5) is 39.0. The van der Waals surface area contributed by atoms with E-state index in [9.17, 15) is 14.4 Å². The highest BCUT2D eigenvalue weighted by Crippen LogP contribution is 2.47. The third kappa shape index (κ3) is 21.1. The van der Waals surface area contributed by atoms with Gasteiger partial charge in [0.15, 0.2) is 54.3 Å². The van der Waals surface area contributed by atoms with Crippen LogP contribution in [-0.2, 0) is 28.6 Å². The Morgan fingerprint density at radius 3 is 0.708 bits per heavy atom. The van der Waals surface area contributed by atoms with E-state index in [-0.39, 0.29) is 19.8 Å². The molecule has 72 heavy (non-hydrogen) atoms. The zero-order chi connectivity index (χ0) is 51.6. The molecule has 0 saturated carbocycles. The average molecular weight is 1000 g/mol. The van der Waals surface area contributed by atoms with Crippen LogP contribution >= 0.6 is 0 Å². The van der Waals surface area contributed by atoms with E-state index in [4.69, 9.17) is 42.6 Å². The van der Waals surface area contributed by atoms with Crippen LogP contribution in [0.1, 0.15) is 196 Å². The van der Waals surface area contributed by atoms with Gasteiger partial charge in [0.25, 0.3) is 0 Å². The second-order valence-corrected chi connectivity index (χ2v) is 19.0. The van der Waals surface area contributed by atoms with E-state index >= 15 is 0 Å². The predicted octanol–water partition coefficient (Wildman–Crippen LogP) is 15.5. The quantitative estimate of drug-likeness (QED) is 0.0181. The highest BCUT2D eigenvalue weighted by atomic mass is 16.6. The number of ether oxygens (including phenoxy) is 9. The minimum Gasteiger partial charge on any atom is -0.490 e. The maximum Gasteiger partial charge on any atom is 0.344 e. The van der Waals surface area contributed by atoms with Crippen LogP contribution in [0.25, 0.3) is 32.3 Å². The number of esters is 3. The van der Waals surface area contributed by atoms with E-state index in [1.165, 1.54) is 57.8 Å². The molecule has 0 saturated heterocycles. The van der Waals surface area contributed by atoms with Gasteiger partial charge in [0, 0.05) is 0 Å². The molecule has 0 spiro atoms. The topological polar surface area (TPSA) is 134 Å². The van der Waals surface area contributed by atoms with E-state index in [1.807, 2.05) is 57.2 Å². The molecule has 0 radical (unpaired) electrons. The summed E-state index contributed by atoms with van der Waals surface area (Å²) >= 11 is 0. The first kappa shape index (κ1) is 59.4. The highest BCUT2D eigenvalue weighted by Gasteiger charge is 2.22. The van der Waals surface area contributed by atoms with Gasteiger partial charge in [0.2, 0.25) is 0 Å². The number of carbonyl (C=O) groups is 3. The van der Waals surface area contributed by atoms with Crippen LogP contribution in [0.5, 0.6) is 34.5 Å². The largest absolute Gasteiger partial charge is 0.490 e. The van der Waals surface area contributed by atoms with E-state index in [2.05, 4.69) is 20.8 Å². The van der Waals surface area contributed by atoms with Crippen molar-refractivity contribution in [2.24, 2.45) is 0 Å². The summed E-state index contributed by atoms with van der Waals surface area (Å²) < 4.78 is 55.2. The Bertz CT molecular complexity index is 1910. The Morgan fingerprint density at radius 1 is 0.264 bits per heavy atom. The fourth-order valence-corrected chi connectivity index (χ4v) is 8.41. The molecule has 0 aromatic heterocycles. The molecule has 0 aliphatic rings. The Balaban J connectivity index is 1.96. The van der Waals surface area contributed by atoms with Crippen molar-refractivity contribution in [1.82, 2.24) is 0 Å². The van der Waals surface area contributed by atoms with Crippen molar-refractivity contribution in [3.8, 4) is 34.5 Å². The molecule has 0 atom stereocenters. The fourth-order valence-electron chi connectivity index (χ4n) is 8.41. The Kier molecular flexibility index (Phi) is 29.6. The van der Waals surface area contributed by atoms with Crippen molar-refractivity contribution in [3.63, 3.8) is 0 Å². The van der Waals surface area contributed by atoms with E-state index < -0.39 is 17.9 Å². The average Bonchev–Trinajstić information content (AvgIpc) is 3.38. The van der Waals surface area contributed by atoms with Crippen molar-refractivity contribution in [1.29, 1.82) is 0 Å². The first-order chi connectivity index (χ1) is 35.3. The van der Waals surface area contributed by atoms with E-state index in [0.29, 0.717) is 74.1 Å². The first-order valence-electron chi connectivity index (χ1n) is 28.1. The third-order valence-electron chi connectivity index (χ3n) is 12.7. The lowest BCUT2D eigenvalue weighted by atomic mass is 9.93. The van der Waals surface area contributed by atoms with Crippen molar-refractivity contribution >= 4 is 50.2 Å². The second kappa shape index (κ2) is 35.9. The number of fused-ring (bicyclic) bond motifs is 6. The minimum absolute atomic E-state index is 0.293. The van der Waals surface area contributed by atoms with Crippen molar-refractivity contribution < 1.29 is 57.0 Å². The third-order valence-corrected chi connectivity index (χ3v) is 12.7. The molecule has 4 aromatic rings. The van der Waals surface area contributed by atoms with Crippen LogP contribution < -0.4 is 28.4 Å². The molecule has 0 bridgehead atoms. The van der Waals surface area contributed by atoms with Gasteiger partial charge in [-0.1, -0.05) is 157 Å². The van der Waals surface area contributed by atoms with Crippen molar-refractivity contribution in [3.05, 3.63) is 36.4 Å². The lowest BCUT2D eigenvalue weighted by Crippen LogP contribution is -2.16. The normalized spacial score (nSPS) is 11.2. The number of rotatable bonds is 42. The molecule has 0 N–H and O–H groups in total. The Labute approximate surface area is 431 Å². The number of unbranched alkanes of at least 4 members (excludes halogenated alkanes) is 18. The molecule has 0 heterocycles. The van der Waals surface area contributed by atoms with Crippen LogP contribution in [0.3, 0.4) is 0 Å². The van der Waals surface area contributed by atoms with Gasteiger partial charge in [-0.05, 0) is 107 Å². The predicted molar refractivity (Wildman–Crippen MR) is 290 cm³/mol. The summed E-state index contributed by atoms with van der Waals surface area (Å²) in [6, 6.07) is 11.7. The first-order valence-corrected chi connectivity index (χ1v) is 28.1. The Morgan fingerprint density at radius 2 is 0.472 bits per heavy atom. The smallest absolute Gasteiger partial charge is 0.344 e. The van der Waals surface area contributed by atoms with Crippen LogP contribution in [0.2, 0.25) is 0 Å². The molecular weight excluding hydrogens is 913 g/mol. The summed E-state index contributed by atoms with van der Waals surface area (Å²) in [5.74, 6) is 1.29. The Hall–Kier alpha value is -5.13. The number of benzene rings is 4. The van der Waals surface area contributed by atoms with Gasteiger partial charge in [-0.2, -0.15) is 0 Å². The summed E-state index contributed by atoms with van der Waals surface area (Å²) in [6.07, 6.45) is 24.8. The SMILES string of the molecule is CCCCCCCCOc1cc2c(cc1OCC(=O)OCCCC)c1cc(OCCCCCCCC)c(OCC(=O)OCCCC)cc1c1cc(OCCCCCCCC)c(OCC(=O)OCCCC)cc21. The maximum absolute atomic E-state index is 13.0. The van der Waals surface area contributed by atoms with E-state index in [0.717, 1.165) is 129 Å². The second-order valence-electron chi connectivity index (χ2n) is 19.0. The van der Waals surface area contributed by atoms with Gasteiger partial charge in [-0.25, -0.2) is 14.4 Å². The molecule has 402 valence electrons. The molecule has 4 rings (SSSR count). The monoisotopic (exact) mass is 1000 g/mol. The van der Waals surface area contributed by atoms with Crippen LogP contribution in [0.15, 0.2) is 36.4 Å².